The van der Waals surface area contributed by atoms with Crippen LogP contribution in [0, 0.1) is 12.8 Å². The number of carbonyl (C=O) groups excluding carboxylic acids is 1. The topological polar surface area (TPSA) is 59.2 Å². The fraction of sp³-hybridized carbons (Fsp3) is 0.414. The number of rotatable bonds is 8. The van der Waals surface area contributed by atoms with Gasteiger partial charge in [-0.25, -0.2) is 9.56 Å². The minimum atomic E-state index is -0.217. The maximum Gasteiger partial charge on any atom is 0.257 e. The standard InChI is InChI=1S/C29H38N4O2/c1-10-19(3)20(4)16-23(17-21(5)27-22(6)32(7)14-13-26(27)35-9)28(34)31-29-30-24-12-11-18(2)15-25(24)33(29)8/h11-12,15-17,19H,5,10,13-14H2,1-4,6-9H3/p+1/b20-16-,23-17+. The van der Waals surface area contributed by atoms with Crippen LogP contribution < -0.4 is 5.32 Å². The number of imidazole rings is 1. The lowest BCUT2D eigenvalue weighted by atomic mass is 9.93. The van der Waals surface area contributed by atoms with E-state index in [4.69, 9.17) is 4.74 Å². The Morgan fingerprint density at radius 3 is 2.71 bits per heavy atom. The van der Waals surface area contributed by atoms with Crippen molar-refractivity contribution < 1.29 is 14.1 Å². The van der Waals surface area contributed by atoms with Crippen molar-refractivity contribution in [3.05, 3.63) is 70.5 Å². The lowest BCUT2D eigenvalue weighted by Crippen LogP contribution is -2.26. The normalized spacial score (nSPS) is 16.1. The van der Waals surface area contributed by atoms with Crippen LogP contribution in [0.1, 0.15) is 46.1 Å². The summed E-state index contributed by atoms with van der Waals surface area (Å²) in [5, 5.41) is 3.03. The summed E-state index contributed by atoms with van der Waals surface area (Å²) < 4.78 is 9.80. The van der Waals surface area contributed by atoms with Gasteiger partial charge in [-0.1, -0.05) is 38.1 Å². The SMILES string of the molecule is C=C(/C=C(\C=C(\C)C(C)CC)C(=O)Nc1nc2ccc(C)cc2n1C)C1=C(OC)CC[N+](C)=C1C. The van der Waals surface area contributed by atoms with Crippen molar-refractivity contribution in [1.29, 1.82) is 0 Å². The van der Waals surface area contributed by atoms with Gasteiger partial charge in [-0.05, 0) is 55.5 Å². The first-order valence-electron chi connectivity index (χ1n) is 12.2. The van der Waals surface area contributed by atoms with Crippen molar-refractivity contribution in [1.82, 2.24) is 9.55 Å². The molecule has 6 nitrogen and oxygen atoms in total. The summed E-state index contributed by atoms with van der Waals surface area (Å²) in [6.45, 7) is 15.7. The molecular weight excluding hydrogens is 436 g/mol. The highest BCUT2D eigenvalue weighted by atomic mass is 16.5. The van der Waals surface area contributed by atoms with Gasteiger partial charge in [-0.2, -0.15) is 0 Å². The Balaban J connectivity index is 2.04. The van der Waals surface area contributed by atoms with Gasteiger partial charge in [0, 0.05) is 19.5 Å². The zero-order valence-electron chi connectivity index (χ0n) is 22.5. The number of hydrogen-bond acceptors (Lipinski definition) is 3. The molecule has 186 valence electrons. The molecule has 0 spiro atoms. The molecule has 35 heavy (non-hydrogen) atoms. The first-order valence-corrected chi connectivity index (χ1v) is 12.2. The van der Waals surface area contributed by atoms with Gasteiger partial charge in [0.25, 0.3) is 5.91 Å². The Kier molecular flexibility index (Phi) is 8.15. The highest BCUT2D eigenvalue weighted by Crippen LogP contribution is 2.26. The lowest BCUT2D eigenvalue weighted by Gasteiger charge is -2.19. The molecule has 1 unspecified atom stereocenters. The predicted octanol–water partition coefficient (Wildman–Crippen LogP) is 5.70. The van der Waals surface area contributed by atoms with Crippen LogP contribution in [0.3, 0.4) is 0 Å². The van der Waals surface area contributed by atoms with E-state index in [9.17, 15) is 4.79 Å². The molecule has 1 aliphatic heterocycles. The van der Waals surface area contributed by atoms with Gasteiger partial charge in [-0.3, -0.25) is 10.1 Å². The van der Waals surface area contributed by atoms with Crippen LogP contribution in [0.2, 0.25) is 0 Å². The van der Waals surface area contributed by atoms with Gasteiger partial charge in [0.1, 0.15) is 19.4 Å². The Morgan fingerprint density at radius 1 is 1.34 bits per heavy atom. The Labute approximate surface area is 209 Å². The minimum absolute atomic E-state index is 0.217. The molecule has 0 aliphatic carbocycles. The Hall–Kier alpha value is -3.41. The number of ether oxygens (including phenoxy) is 1. The van der Waals surface area contributed by atoms with Gasteiger partial charge >= 0.3 is 0 Å². The number of anilines is 1. The zero-order valence-corrected chi connectivity index (χ0v) is 22.5. The van der Waals surface area contributed by atoms with E-state index in [0.717, 1.165) is 64.2 Å². The summed E-state index contributed by atoms with van der Waals surface area (Å²) >= 11 is 0. The number of benzene rings is 1. The summed E-state index contributed by atoms with van der Waals surface area (Å²) in [6.07, 6.45) is 5.63. The number of methoxy groups -OCH3 is 1. The number of carbonyl (C=O) groups is 1. The van der Waals surface area contributed by atoms with Crippen LogP contribution in [-0.2, 0) is 16.6 Å². The summed E-state index contributed by atoms with van der Waals surface area (Å²) in [5.74, 6) is 1.56. The third-order valence-electron chi connectivity index (χ3n) is 7.08. The number of aryl methyl sites for hydroxylation is 2. The van der Waals surface area contributed by atoms with Crippen molar-refractivity contribution in [2.75, 3.05) is 26.0 Å². The molecule has 1 atom stereocenters. The molecule has 3 rings (SSSR count). The molecule has 1 N–H and O–H groups in total. The minimum Gasteiger partial charge on any atom is -0.500 e. The molecule has 1 amide bonds. The van der Waals surface area contributed by atoms with E-state index in [-0.39, 0.29) is 5.91 Å². The van der Waals surface area contributed by atoms with Crippen molar-refractivity contribution in [2.24, 2.45) is 13.0 Å². The third-order valence-corrected chi connectivity index (χ3v) is 7.08. The molecule has 1 aromatic carbocycles. The predicted molar refractivity (Wildman–Crippen MR) is 145 cm³/mol. The van der Waals surface area contributed by atoms with Crippen LogP contribution in [-0.4, -0.2) is 46.4 Å². The van der Waals surface area contributed by atoms with E-state index in [1.807, 2.05) is 42.8 Å². The number of allylic oxidation sites excluding steroid dienone is 4. The van der Waals surface area contributed by atoms with Crippen molar-refractivity contribution in [3.8, 4) is 0 Å². The van der Waals surface area contributed by atoms with Crippen LogP contribution in [0.4, 0.5) is 5.95 Å². The largest absolute Gasteiger partial charge is 0.500 e. The van der Waals surface area contributed by atoms with Crippen molar-refractivity contribution in [2.45, 2.75) is 47.5 Å². The molecule has 2 heterocycles. The maximum atomic E-state index is 13.6. The van der Waals surface area contributed by atoms with Crippen LogP contribution in [0.25, 0.3) is 11.0 Å². The van der Waals surface area contributed by atoms with Gasteiger partial charge < -0.3 is 9.30 Å². The van der Waals surface area contributed by atoms with E-state index in [2.05, 4.69) is 62.3 Å². The number of fused-ring (bicyclic) bond motifs is 1. The monoisotopic (exact) mass is 475 g/mol. The lowest BCUT2D eigenvalue weighted by molar-refractivity contribution is -0.498. The van der Waals surface area contributed by atoms with Crippen molar-refractivity contribution >= 4 is 28.6 Å². The van der Waals surface area contributed by atoms with Gasteiger partial charge in [0.2, 0.25) is 5.95 Å². The fourth-order valence-electron chi connectivity index (χ4n) is 4.30. The van der Waals surface area contributed by atoms with E-state index in [1.54, 1.807) is 7.11 Å². The molecule has 0 radical (unpaired) electrons. The highest BCUT2D eigenvalue weighted by Gasteiger charge is 2.26. The molecule has 0 saturated carbocycles. The van der Waals surface area contributed by atoms with Crippen LogP contribution in [0.5, 0.6) is 0 Å². The second kappa shape index (κ2) is 10.9. The first-order chi connectivity index (χ1) is 16.6. The first kappa shape index (κ1) is 26.2. The van der Waals surface area contributed by atoms with E-state index in [1.165, 1.54) is 0 Å². The zero-order chi connectivity index (χ0) is 25.9. The Morgan fingerprint density at radius 2 is 2.06 bits per heavy atom. The molecule has 1 aliphatic rings. The summed E-state index contributed by atoms with van der Waals surface area (Å²) in [6, 6.07) is 6.07. The van der Waals surface area contributed by atoms with Gasteiger partial charge in [0.05, 0.1) is 30.1 Å². The smallest absolute Gasteiger partial charge is 0.257 e. The van der Waals surface area contributed by atoms with E-state index < -0.39 is 0 Å². The average Bonchev–Trinajstić information content (AvgIpc) is 3.13. The number of aromatic nitrogens is 2. The number of nitrogens with zero attached hydrogens (tertiary/aromatic N) is 3. The molecule has 0 saturated heterocycles. The second-order valence-electron chi connectivity index (χ2n) is 9.52. The van der Waals surface area contributed by atoms with Crippen LogP contribution in [0.15, 0.2) is 65.0 Å². The fourth-order valence-corrected chi connectivity index (χ4v) is 4.30. The number of amides is 1. The Bertz CT molecular complexity index is 1290. The van der Waals surface area contributed by atoms with E-state index in [0.29, 0.717) is 17.4 Å². The molecule has 0 fully saturated rings. The van der Waals surface area contributed by atoms with Crippen molar-refractivity contribution in [3.63, 3.8) is 0 Å². The summed E-state index contributed by atoms with van der Waals surface area (Å²) in [7, 11) is 5.67. The molecule has 0 bridgehead atoms. The quantitative estimate of drug-likeness (QED) is 0.303. The van der Waals surface area contributed by atoms with Gasteiger partial charge in [0.15, 0.2) is 5.71 Å². The maximum absolute atomic E-state index is 13.6. The number of nitrogens with one attached hydrogen (secondary N) is 1. The highest BCUT2D eigenvalue weighted by molar-refractivity contribution is 6.07. The van der Waals surface area contributed by atoms with Gasteiger partial charge in [-0.15, -0.1) is 0 Å². The molecular formula is C29H39N4O2+. The molecule has 2 aromatic rings. The van der Waals surface area contributed by atoms with E-state index >= 15 is 0 Å². The summed E-state index contributed by atoms with van der Waals surface area (Å²) in [4.78, 5) is 18.2. The number of hydrogen-bond donors (Lipinski definition) is 1. The third kappa shape index (κ3) is 5.64. The summed E-state index contributed by atoms with van der Waals surface area (Å²) in [5.41, 5.74) is 7.46. The van der Waals surface area contributed by atoms with Crippen LogP contribution >= 0.6 is 0 Å². The second-order valence-corrected chi connectivity index (χ2v) is 9.52. The average molecular weight is 476 g/mol. The molecule has 1 aromatic heterocycles. The molecule has 6 heteroatoms.